The summed E-state index contributed by atoms with van der Waals surface area (Å²) in [6.07, 6.45) is 4.95. The first-order valence-corrected chi connectivity index (χ1v) is 6.62. The maximum Gasteiger partial charge on any atom is 0.162 e. The summed E-state index contributed by atoms with van der Waals surface area (Å²) < 4.78 is 0. The van der Waals surface area contributed by atoms with Gasteiger partial charge in [0.1, 0.15) is 0 Å². The second-order valence-corrected chi connectivity index (χ2v) is 6.90. The molecule has 4 saturated carbocycles. The molecule has 0 N–H and O–H groups in total. The van der Waals surface area contributed by atoms with Crippen molar-refractivity contribution in [3.63, 3.8) is 0 Å². The van der Waals surface area contributed by atoms with Crippen LogP contribution < -0.4 is 0 Å². The van der Waals surface area contributed by atoms with Gasteiger partial charge in [-0.1, -0.05) is 25.8 Å². The zero-order valence-electron chi connectivity index (χ0n) is 10.9. The van der Waals surface area contributed by atoms with Crippen LogP contribution in [0.25, 0.3) is 0 Å². The summed E-state index contributed by atoms with van der Waals surface area (Å²) in [5, 5.41) is 0. The van der Waals surface area contributed by atoms with Gasteiger partial charge < -0.3 is 0 Å². The molecule has 0 aliphatic heterocycles. The summed E-state index contributed by atoms with van der Waals surface area (Å²) in [5.41, 5.74) is 3.11. The number of rotatable bonds is 0. The van der Waals surface area contributed by atoms with E-state index in [2.05, 4.69) is 27.7 Å². The van der Waals surface area contributed by atoms with E-state index in [0.29, 0.717) is 22.5 Å². The van der Waals surface area contributed by atoms with E-state index in [9.17, 15) is 4.79 Å². The van der Waals surface area contributed by atoms with Crippen LogP contribution in [0.5, 0.6) is 0 Å². The van der Waals surface area contributed by atoms with Gasteiger partial charge in [-0.3, -0.25) is 4.79 Å². The molecule has 88 valence electrons. The molecule has 4 aliphatic rings. The molecule has 0 radical (unpaired) electrons. The van der Waals surface area contributed by atoms with Crippen LogP contribution >= 0.6 is 0 Å². The first-order valence-electron chi connectivity index (χ1n) is 6.62. The SMILES string of the molecule is CC(C)=C1CC2[C@]3(C)CCC[C@@]2(C)C3C1=O. The Morgan fingerprint density at radius 3 is 2.19 bits per heavy atom. The highest BCUT2D eigenvalue weighted by Crippen LogP contribution is 2.75. The fraction of sp³-hybridized carbons (Fsp3) is 0.800. The number of ketones is 1. The number of carbonyl (C=O) groups excluding carboxylic acids is 1. The first-order chi connectivity index (χ1) is 7.41. The molecule has 0 spiro atoms. The van der Waals surface area contributed by atoms with Gasteiger partial charge in [0.05, 0.1) is 0 Å². The first kappa shape index (κ1) is 10.6. The number of fused-ring (bicyclic) bond motifs is 2. The molecule has 0 heterocycles. The van der Waals surface area contributed by atoms with Crippen LogP contribution in [0, 0.1) is 22.7 Å². The van der Waals surface area contributed by atoms with Crippen molar-refractivity contribution in [2.75, 3.05) is 0 Å². The van der Waals surface area contributed by atoms with E-state index >= 15 is 0 Å². The average Bonchev–Trinajstić information content (AvgIpc) is 2.15. The zero-order valence-corrected chi connectivity index (χ0v) is 10.9. The molecule has 0 amide bonds. The zero-order chi connectivity index (χ0) is 11.7. The predicted molar refractivity (Wildman–Crippen MR) is 65.0 cm³/mol. The van der Waals surface area contributed by atoms with Crippen LogP contribution in [0.3, 0.4) is 0 Å². The molecule has 0 saturated heterocycles. The Kier molecular flexibility index (Phi) is 1.85. The summed E-state index contributed by atoms with van der Waals surface area (Å²) in [4.78, 5) is 12.6. The topological polar surface area (TPSA) is 17.1 Å². The van der Waals surface area contributed by atoms with Gasteiger partial charge in [0, 0.05) is 5.92 Å². The van der Waals surface area contributed by atoms with E-state index in [0.717, 1.165) is 17.9 Å². The van der Waals surface area contributed by atoms with E-state index in [1.54, 1.807) is 0 Å². The Balaban J connectivity index is 2.06. The normalized spacial score (nSPS) is 50.0. The highest BCUT2D eigenvalue weighted by atomic mass is 16.1. The lowest BCUT2D eigenvalue weighted by molar-refractivity contribution is -0.226. The van der Waals surface area contributed by atoms with E-state index in [4.69, 9.17) is 0 Å². The third kappa shape index (κ3) is 0.919. The summed E-state index contributed by atoms with van der Waals surface area (Å²) in [6, 6.07) is 0. The van der Waals surface area contributed by atoms with Crippen LogP contribution in [-0.4, -0.2) is 5.78 Å². The Labute approximate surface area is 98.3 Å². The monoisotopic (exact) mass is 218 g/mol. The Morgan fingerprint density at radius 2 is 1.75 bits per heavy atom. The van der Waals surface area contributed by atoms with Crippen molar-refractivity contribution in [1.82, 2.24) is 0 Å². The molecule has 1 heteroatoms. The Bertz CT molecular complexity index is 384. The lowest BCUT2D eigenvalue weighted by Gasteiger charge is -2.73. The van der Waals surface area contributed by atoms with Gasteiger partial charge in [0.25, 0.3) is 0 Å². The molecular formula is C15H22O. The fourth-order valence-electron chi connectivity index (χ4n) is 5.29. The van der Waals surface area contributed by atoms with Crippen LogP contribution in [0.1, 0.15) is 53.4 Å². The van der Waals surface area contributed by atoms with Gasteiger partial charge in [-0.05, 0) is 55.4 Å². The van der Waals surface area contributed by atoms with Gasteiger partial charge in [-0.15, -0.1) is 0 Å². The summed E-state index contributed by atoms with van der Waals surface area (Å²) in [5.74, 6) is 1.62. The maximum atomic E-state index is 12.6. The fourth-order valence-corrected chi connectivity index (χ4v) is 5.29. The molecule has 4 bridgehead atoms. The minimum atomic E-state index is 0.345. The third-order valence-corrected chi connectivity index (χ3v) is 5.91. The lowest BCUT2D eigenvalue weighted by Crippen LogP contribution is -2.70. The van der Waals surface area contributed by atoms with Crippen molar-refractivity contribution in [1.29, 1.82) is 0 Å². The van der Waals surface area contributed by atoms with E-state index in [1.165, 1.54) is 24.8 Å². The average molecular weight is 218 g/mol. The minimum Gasteiger partial charge on any atom is -0.294 e. The summed E-state index contributed by atoms with van der Waals surface area (Å²) in [7, 11) is 0. The lowest BCUT2D eigenvalue weighted by atomic mass is 9.30. The molecular weight excluding hydrogens is 196 g/mol. The van der Waals surface area contributed by atoms with Crippen molar-refractivity contribution in [3.05, 3.63) is 11.1 Å². The second kappa shape index (κ2) is 2.80. The Hall–Kier alpha value is -0.590. The molecule has 16 heavy (non-hydrogen) atoms. The van der Waals surface area contributed by atoms with E-state index in [-0.39, 0.29) is 0 Å². The van der Waals surface area contributed by atoms with Crippen LogP contribution in [0.15, 0.2) is 11.1 Å². The Morgan fingerprint density at radius 1 is 1.19 bits per heavy atom. The van der Waals surface area contributed by atoms with Crippen LogP contribution in [0.4, 0.5) is 0 Å². The molecule has 0 aromatic rings. The van der Waals surface area contributed by atoms with Crippen molar-refractivity contribution < 1.29 is 4.79 Å². The van der Waals surface area contributed by atoms with Gasteiger partial charge in [0.2, 0.25) is 0 Å². The molecule has 4 aliphatic carbocycles. The molecule has 1 nitrogen and oxygen atoms in total. The smallest absolute Gasteiger partial charge is 0.162 e. The predicted octanol–water partition coefficient (Wildman–Crippen LogP) is 3.74. The maximum absolute atomic E-state index is 12.6. The number of allylic oxidation sites excluding steroid dienone is 2. The molecule has 4 atom stereocenters. The van der Waals surface area contributed by atoms with E-state index < -0.39 is 0 Å². The van der Waals surface area contributed by atoms with Gasteiger partial charge in [-0.25, -0.2) is 0 Å². The molecule has 2 unspecified atom stereocenters. The van der Waals surface area contributed by atoms with E-state index in [1.807, 2.05) is 0 Å². The van der Waals surface area contributed by atoms with Crippen molar-refractivity contribution in [2.24, 2.45) is 22.7 Å². The highest BCUT2D eigenvalue weighted by molar-refractivity contribution is 6.01. The number of carbonyl (C=O) groups is 1. The number of Topliss-reactive ketones (excluding diaryl/α,β-unsaturated/α-hetero) is 1. The summed E-state index contributed by atoms with van der Waals surface area (Å²) >= 11 is 0. The largest absolute Gasteiger partial charge is 0.294 e. The van der Waals surface area contributed by atoms with Gasteiger partial charge >= 0.3 is 0 Å². The number of hydrogen-bond acceptors (Lipinski definition) is 1. The van der Waals surface area contributed by atoms with Crippen molar-refractivity contribution >= 4 is 5.78 Å². The standard InChI is InChI=1S/C15H22O/c1-9(2)10-8-11-14(3)6-5-7-15(11,4)13(14)12(10)16/h11,13H,5-8H2,1-4H3/t11?,13?,14-,15+. The summed E-state index contributed by atoms with van der Waals surface area (Å²) in [6.45, 7) is 8.92. The molecule has 0 aromatic heterocycles. The van der Waals surface area contributed by atoms with Crippen LogP contribution in [-0.2, 0) is 4.79 Å². The van der Waals surface area contributed by atoms with Gasteiger partial charge in [-0.2, -0.15) is 0 Å². The highest BCUT2D eigenvalue weighted by Gasteiger charge is 2.72. The second-order valence-electron chi connectivity index (χ2n) is 6.90. The van der Waals surface area contributed by atoms with Crippen LogP contribution in [0.2, 0.25) is 0 Å². The molecule has 0 aromatic carbocycles. The molecule has 4 rings (SSSR count). The van der Waals surface area contributed by atoms with Crippen molar-refractivity contribution in [3.8, 4) is 0 Å². The number of hydrogen-bond donors (Lipinski definition) is 0. The van der Waals surface area contributed by atoms with Crippen molar-refractivity contribution in [2.45, 2.75) is 53.4 Å². The van der Waals surface area contributed by atoms with Gasteiger partial charge in [0.15, 0.2) is 5.78 Å². The quantitative estimate of drug-likeness (QED) is 0.566. The molecule has 4 fully saturated rings. The minimum absolute atomic E-state index is 0.345. The third-order valence-electron chi connectivity index (χ3n) is 5.91.